The second-order valence-corrected chi connectivity index (χ2v) is 5.91. The molecule has 1 fully saturated rings. The smallest absolute Gasteiger partial charge is 0.251 e. The molecule has 2 aromatic rings. The summed E-state index contributed by atoms with van der Waals surface area (Å²) < 4.78 is 1.66. The normalized spacial score (nSPS) is 17.8. The zero-order chi connectivity index (χ0) is 17.1. The van der Waals surface area contributed by atoms with Gasteiger partial charge in [-0.1, -0.05) is 12.1 Å². The third kappa shape index (κ3) is 3.30. The molecule has 2 heterocycles. The van der Waals surface area contributed by atoms with Gasteiger partial charge in [-0.3, -0.25) is 19.2 Å². The minimum Gasteiger partial charge on any atom is -0.340 e. The predicted octanol–water partition coefficient (Wildman–Crippen LogP) is 0.804. The van der Waals surface area contributed by atoms with Gasteiger partial charge >= 0.3 is 0 Å². The molecule has 0 saturated carbocycles. The first-order valence-corrected chi connectivity index (χ1v) is 7.99. The summed E-state index contributed by atoms with van der Waals surface area (Å²) in [5, 5.41) is 7.11. The van der Waals surface area contributed by atoms with Gasteiger partial charge in [-0.15, -0.1) is 0 Å². The third-order valence-electron chi connectivity index (χ3n) is 4.17. The highest BCUT2D eigenvalue weighted by Crippen LogP contribution is 2.19. The fourth-order valence-corrected chi connectivity index (χ4v) is 2.82. The van der Waals surface area contributed by atoms with Crippen molar-refractivity contribution < 1.29 is 9.59 Å². The van der Waals surface area contributed by atoms with E-state index in [1.54, 1.807) is 34.0 Å². The number of aryl methyl sites for hydroxylation is 1. The molecule has 1 aliphatic heterocycles. The maximum atomic E-state index is 12.6. The lowest BCUT2D eigenvalue weighted by molar-refractivity contribution is -0.121. The largest absolute Gasteiger partial charge is 0.340 e. The standard InChI is InChI=1S/C17H21N5O2/c1-21-10-8-15(20-21)22-9-2-3-14(17(22)24)19-16(23)13-6-4-12(11-18)5-7-13/h4-8,10,14H,2-3,9,11,18H2,1H3,(H,19,23). The molecule has 1 aromatic carbocycles. The molecule has 0 radical (unpaired) electrons. The number of piperidine rings is 1. The highest BCUT2D eigenvalue weighted by molar-refractivity contribution is 6.02. The maximum absolute atomic E-state index is 12.6. The summed E-state index contributed by atoms with van der Waals surface area (Å²) in [6, 6.07) is 8.36. The Labute approximate surface area is 140 Å². The molecule has 3 N–H and O–H groups in total. The lowest BCUT2D eigenvalue weighted by Gasteiger charge is -2.31. The molecule has 126 valence electrons. The van der Waals surface area contributed by atoms with Gasteiger partial charge < -0.3 is 11.1 Å². The molecule has 1 atom stereocenters. The molecule has 3 rings (SSSR count). The number of amides is 2. The van der Waals surface area contributed by atoms with Crippen LogP contribution in [0.3, 0.4) is 0 Å². The molecule has 2 amide bonds. The first-order chi connectivity index (χ1) is 11.6. The summed E-state index contributed by atoms with van der Waals surface area (Å²) in [6.07, 6.45) is 3.25. The molecule has 7 nitrogen and oxygen atoms in total. The number of rotatable bonds is 4. The first kappa shape index (κ1) is 16.2. The SMILES string of the molecule is Cn1ccc(N2CCCC(NC(=O)c3ccc(CN)cc3)C2=O)n1. The van der Waals surface area contributed by atoms with Crippen molar-refractivity contribution in [3.05, 3.63) is 47.7 Å². The van der Waals surface area contributed by atoms with E-state index in [-0.39, 0.29) is 11.8 Å². The quantitative estimate of drug-likeness (QED) is 0.869. The van der Waals surface area contributed by atoms with Gasteiger partial charge in [-0.05, 0) is 30.5 Å². The third-order valence-corrected chi connectivity index (χ3v) is 4.17. The van der Waals surface area contributed by atoms with Crippen LogP contribution in [-0.2, 0) is 18.4 Å². The van der Waals surface area contributed by atoms with E-state index in [0.29, 0.717) is 30.9 Å². The Morgan fingerprint density at radius 3 is 2.71 bits per heavy atom. The number of hydrogen-bond acceptors (Lipinski definition) is 4. The van der Waals surface area contributed by atoms with Crippen LogP contribution in [-0.4, -0.2) is 34.2 Å². The number of anilines is 1. The zero-order valence-electron chi connectivity index (χ0n) is 13.6. The minimum atomic E-state index is -0.526. The highest BCUT2D eigenvalue weighted by atomic mass is 16.2. The molecular weight excluding hydrogens is 306 g/mol. The Hall–Kier alpha value is -2.67. The van der Waals surface area contributed by atoms with Crippen molar-refractivity contribution in [1.82, 2.24) is 15.1 Å². The lowest BCUT2D eigenvalue weighted by Crippen LogP contribution is -2.52. The maximum Gasteiger partial charge on any atom is 0.251 e. The Bertz CT molecular complexity index is 738. The number of hydrogen-bond donors (Lipinski definition) is 2. The molecule has 7 heteroatoms. The van der Waals surface area contributed by atoms with Crippen LogP contribution in [0.4, 0.5) is 5.82 Å². The van der Waals surface area contributed by atoms with Gasteiger partial charge in [-0.25, -0.2) is 0 Å². The van der Waals surface area contributed by atoms with Crippen LogP contribution in [0, 0.1) is 0 Å². The fourth-order valence-electron chi connectivity index (χ4n) is 2.82. The zero-order valence-corrected chi connectivity index (χ0v) is 13.6. The van der Waals surface area contributed by atoms with Crippen molar-refractivity contribution in [3.8, 4) is 0 Å². The molecule has 1 unspecified atom stereocenters. The van der Waals surface area contributed by atoms with Crippen LogP contribution in [0.5, 0.6) is 0 Å². The van der Waals surface area contributed by atoms with Crippen LogP contribution in [0.25, 0.3) is 0 Å². The Balaban J connectivity index is 1.69. The molecular formula is C17H21N5O2. The average Bonchev–Trinajstić information content (AvgIpc) is 3.03. The summed E-state index contributed by atoms with van der Waals surface area (Å²) >= 11 is 0. The summed E-state index contributed by atoms with van der Waals surface area (Å²) in [6.45, 7) is 1.05. The first-order valence-electron chi connectivity index (χ1n) is 7.99. The number of nitrogens with one attached hydrogen (secondary N) is 1. The van der Waals surface area contributed by atoms with Crippen LogP contribution in [0.15, 0.2) is 36.5 Å². The second-order valence-electron chi connectivity index (χ2n) is 5.91. The molecule has 0 bridgehead atoms. The topological polar surface area (TPSA) is 93.2 Å². The molecule has 1 saturated heterocycles. The van der Waals surface area contributed by atoms with Crippen molar-refractivity contribution in [2.75, 3.05) is 11.4 Å². The van der Waals surface area contributed by atoms with Gasteiger partial charge in [0.15, 0.2) is 5.82 Å². The number of carbonyl (C=O) groups excluding carboxylic acids is 2. The van der Waals surface area contributed by atoms with Gasteiger partial charge in [0.2, 0.25) is 0 Å². The van der Waals surface area contributed by atoms with E-state index in [1.165, 1.54) is 0 Å². The lowest BCUT2D eigenvalue weighted by atomic mass is 10.0. The van der Waals surface area contributed by atoms with E-state index >= 15 is 0 Å². The number of nitrogens with zero attached hydrogens (tertiary/aromatic N) is 3. The Morgan fingerprint density at radius 2 is 2.08 bits per heavy atom. The predicted molar refractivity (Wildman–Crippen MR) is 90.4 cm³/mol. The number of nitrogens with two attached hydrogens (primary N) is 1. The monoisotopic (exact) mass is 327 g/mol. The number of aromatic nitrogens is 2. The highest BCUT2D eigenvalue weighted by Gasteiger charge is 2.31. The summed E-state index contributed by atoms with van der Waals surface area (Å²) in [7, 11) is 1.81. The molecule has 0 spiro atoms. The van der Waals surface area contributed by atoms with E-state index in [0.717, 1.165) is 12.0 Å². The molecule has 1 aliphatic rings. The molecule has 1 aromatic heterocycles. The van der Waals surface area contributed by atoms with E-state index < -0.39 is 6.04 Å². The van der Waals surface area contributed by atoms with E-state index in [4.69, 9.17) is 5.73 Å². The van der Waals surface area contributed by atoms with E-state index in [9.17, 15) is 9.59 Å². The number of carbonyl (C=O) groups is 2. The van der Waals surface area contributed by atoms with Crippen LogP contribution in [0.2, 0.25) is 0 Å². The van der Waals surface area contributed by atoms with Gasteiger partial charge in [0.25, 0.3) is 11.8 Å². The van der Waals surface area contributed by atoms with Crippen molar-refractivity contribution in [3.63, 3.8) is 0 Å². The van der Waals surface area contributed by atoms with Crippen LogP contribution in [0.1, 0.15) is 28.8 Å². The van der Waals surface area contributed by atoms with Crippen molar-refractivity contribution >= 4 is 17.6 Å². The van der Waals surface area contributed by atoms with Gasteiger partial charge in [0, 0.05) is 38.0 Å². The van der Waals surface area contributed by atoms with Crippen molar-refractivity contribution in [2.45, 2.75) is 25.4 Å². The van der Waals surface area contributed by atoms with E-state index in [2.05, 4.69) is 10.4 Å². The van der Waals surface area contributed by atoms with Crippen LogP contribution >= 0.6 is 0 Å². The molecule has 0 aliphatic carbocycles. The minimum absolute atomic E-state index is 0.119. The average molecular weight is 327 g/mol. The van der Waals surface area contributed by atoms with Gasteiger partial charge in [0.05, 0.1) is 0 Å². The summed E-state index contributed by atoms with van der Waals surface area (Å²) in [5.74, 6) is 0.250. The van der Waals surface area contributed by atoms with Gasteiger partial charge in [-0.2, -0.15) is 5.10 Å². The summed E-state index contributed by atoms with van der Waals surface area (Å²) in [4.78, 5) is 26.7. The summed E-state index contributed by atoms with van der Waals surface area (Å²) in [5.41, 5.74) is 7.04. The molecule has 24 heavy (non-hydrogen) atoms. The van der Waals surface area contributed by atoms with E-state index in [1.807, 2.05) is 19.2 Å². The number of benzene rings is 1. The second kappa shape index (κ2) is 6.84. The van der Waals surface area contributed by atoms with Gasteiger partial charge in [0.1, 0.15) is 6.04 Å². The fraction of sp³-hybridized carbons (Fsp3) is 0.353. The Kier molecular flexibility index (Phi) is 4.61. The Morgan fingerprint density at radius 1 is 1.33 bits per heavy atom. The van der Waals surface area contributed by atoms with Crippen LogP contribution < -0.4 is 16.0 Å². The van der Waals surface area contributed by atoms with Crippen molar-refractivity contribution in [1.29, 1.82) is 0 Å². The van der Waals surface area contributed by atoms with Crippen molar-refractivity contribution in [2.24, 2.45) is 12.8 Å².